The van der Waals surface area contributed by atoms with Gasteiger partial charge in [-0.2, -0.15) is 0 Å². The van der Waals surface area contributed by atoms with Crippen molar-refractivity contribution in [1.29, 1.82) is 0 Å². The van der Waals surface area contributed by atoms with E-state index >= 15 is 0 Å². The number of anilines is 1. The summed E-state index contributed by atoms with van der Waals surface area (Å²) in [5.41, 5.74) is 0. The van der Waals surface area contributed by atoms with Gasteiger partial charge in [-0.3, -0.25) is 0 Å². The van der Waals surface area contributed by atoms with Gasteiger partial charge in [-0.1, -0.05) is 37.0 Å². The standard InChI is InChI=1S/C13H21N3S/c1-9-15-16-13(17-9)14-12-7-6-10-4-2-3-5-11(10)8-12/h10-12H,2-8H2,1H3,(H,14,16). The van der Waals surface area contributed by atoms with Crippen molar-refractivity contribution in [2.75, 3.05) is 5.32 Å². The van der Waals surface area contributed by atoms with Crippen LogP contribution in [0.15, 0.2) is 0 Å². The molecule has 0 aliphatic heterocycles. The van der Waals surface area contributed by atoms with Crippen molar-refractivity contribution in [2.45, 2.75) is 57.9 Å². The number of fused-ring (bicyclic) bond motifs is 1. The van der Waals surface area contributed by atoms with Gasteiger partial charge in [0.05, 0.1) is 0 Å². The number of aromatic nitrogens is 2. The van der Waals surface area contributed by atoms with Gasteiger partial charge in [-0.25, -0.2) is 0 Å². The molecule has 1 aromatic rings. The van der Waals surface area contributed by atoms with Crippen LogP contribution in [0.5, 0.6) is 0 Å². The monoisotopic (exact) mass is 251 g/mol. The molecule has 0 saturated heterocycles. The van der Waals surface area contributed by atoms with Crippen molar-refractivity contribution >= 4 is 16.5 Å². The maximum absolute atomic E-state index is 4.17. The highest BCUT2D eigenvalue weighted by atomic mass is 32.1. The summed E-state index contributed by atoms with van der Waals surface area (Å²) in [7, 11) is 0. The molecule has 0 radical (unpaired) electrons. The van der Waals surface area contributed by atoms with Gasteiger partial charge in [0.15, 0.2) is 0 Å². The average Bonchev–Trinajstić information content (AvgIpc) is 2.75. The third-order valence-corrected chi connectivity index (χ3v) is 5.16. The molecule has 4 heteroatoms. The predicted molar refractivity (Wildman–Crippen MR) is 71.4 cm³/mol. The summed E-state index contributed by atoms with van der Waals surface area (Å²) < 4.78 is 0. The summed E-state index contributed by atoms with van der Waals surface area (Å²) >= 11 is 1.68. The van der Waals surface area contributed by atoms with Gasteiger partial charge >= 0.3 is 0 Å². The lowest BCUT2D eigenvalue weighted by molar-refractivity contribution is 0.162. The molecule has 2 fully saturated rings. The maximum atomic E-state index is 4.17. The molecular weight excluding hydrogens is 230 g/mol. The quantitative estimate of drug-likeness (QED) is 0.872. The molecule has 1 heterocycles. The largest absolute Gasteiger partial charge is 0.357 e. The Morgan fingerprint density at radius 3 is 2.65 bits per heavy atom. The lowest BCUT2D eigenvalue weighted by atomic mass is 9.69. The van der Waals surface area contributed by atoms with Gasteiger partial charge in [0.2, 0.25) is 5.13 Å². The third-order valence-electron chi connectivity index (χ3n) is 4.39. The van der Waals surface area contributed by atoms with Crippen LogP contribution in [0.25, 0.3) is 0 Å². The fraction of sp³-hybridized carbons (Fsp3) is 0.846. The van der Waals surface area contributed by atoms with Gasteiger partial charge in [0.25, 0.3) is 0 Å². The number of hydrogen-bond acceptors (Lipinski definition) is 4. The maximum Gasteiger partial charge on any atom is 0.205 e. The second-order valence-electron chi connectivity index (χ2n) is 5.59. The van der Waals surface area contributed by atoms with E-state index in [1.165, 1.54) is 44.9 Å². The number of nitrogens with zero attached hydrogens (tertiary/aromatic N) is 2. The van der Waals surface area contributed by atoms with Crippen LogP contribution in [-0.4, -0.2) is 16.2 Å². The summed E-state index contributed by atoms with van der Waals surface area (Å²) in [4.78, 5) is 0. The van der Waals surface area contributed by atoms with Crippen LogP contribution in [-0.2, 0) is 0 Å². The third kappa shape index (κ3) is 2.62. The molecule has 3 unspecified atom stereocenters. The summed E-state index contributed by atoms with van der Waals surface area (Å²) in [5.74, 6) is 2.00. The Labute approximate surface area is 107 Å². The molecule has 3 rings (SSSR count). The van der Waals surface area contributed by atoms with Crippen LogP contribution in [0.1, 0.15) is 50.0 Å². The zero-order chi connectivity index (χ0) is 11.7. The molecule has 3 atom stereocenters. The van der Waals surface area contributed by atoms with Crippen LogP contribution in [0.2, 0.25) is 0 Å². The van der Waals surface area contributed by atoms with Crippen molar-refractivity contribution in [1.82, 2.24) is 10.2 Å². The minimum Gasteiger partial charge on any atom is -0.357 e. The predicted octanol–water partition coefficient (Wildman–Crippen LogP) is 3.62. The normalized spacial score (nSPS) is 33.1. The van der Waals surface area contributed by atoms with Crippen LogP contribution in [0, 0.1) is 18.8 Å². The fourth-order valence-electron chi connectivity index (χ4n) is 3.53. The van der Waals surface area contributed by atoms with E-state index in [2.05, 4.69) is 15.5 Å². The molecule has 1 aromatic heterocycles. The van der Waals surface area contributed by atoms with E-state index in [0.717, 1.165) is 22.0 Å². The Balaban J connectivity index is 1.58. The first-order valence-corrected chi connectivity index (χ1v) is 7.69. The second kappa shape index (κ2) is 4.92. The number of hydrogen-bond donors (Lipinski definition) is 1. The van der Waals surface area contributed by atoms with Crippen LogP contribution < -0.4 is 5.32 Å². The van der Waals surface area contributed by atoms with E-state index in [1.54, 1.807) is 11.3 Å². The van der Waals surface area contributed by atoms with E-state index in [1.807, 2.05) is 6.92 Å². The molecule has 0 bridgehead atoms. The summed E-state index contributed by atoms with van der Waals surface area (Å²) in [6, 6.07) is 0.640. The Morgan fingerprint density at radius 1 is 1.06 bits per heavy atom. The first kappa shape index (κ1) is 11.5. The molecular formula is C13H21N3S. The molecule has 0 aromatic carbocycles. The zero-order valence-electron chi connectivity index (χ0n) is 10.5. The Hall–Kier alpha value is -0.640. The minimum absolute atomic E-state index is 0.640. The first-order chi connectivity index (χ1) is 8.31. The van der Waals surface area contributed by atoms with Crippen molar-refractivity contribution in [2.24, 2.45) is 11.8 Å². The average molecular weight is 251 g/mol. The molecule has 2 saturated carbocycles. The molecule has 17 heavy (non-hydrogen) atoms. The van der Waals surface area contributed by atoms with E-state index in [0.29, 0.717) is 6.04 Å². The SMILES string of the molecule is Cc1nnc(NC2CCC3CCCCC3C2)s1. The van der Waals surface area contributed by atoms with E-state index in [9.17, 15) is 0 Å². The van der Waals surface area contributed by atoms with E-state index < -0.39 is 0 Å². The highest BCUT2D eigenvalue weighted by Gasteiger charge is 2.32. The number of nitrogens with one attached hydrogen (secondary N) is 1. The molecule has 0 spiro atoms. The molecule has 2 aliphatic carbocycles. The Kier molecular flexibility index (Phi) is 3.32. The lowest BCUT2D eigenvalue weighted by Crippen LogP contribution is -2.34. The Morgan fingerprint density at radius 2 is 1.88 bits per heavy atom. The molecule has 1 N–H and O–H groups in total. The highest BCUT2D eigenvalue weighted by Crippen LogP contribution is 2.41. The van der Waals surface area contributed by atoms with E-state index in [4.69, 9.17) is 0 Å². The summed E-state index contributed by atoms with van der Waals surface area (Å²) in [5, 5.41) is 13.9. The smallest absolute Gasteiger partial charge is 0.205 e. The van der Waals surface area contributed by atoms with Crippen LogP contribution in [0.4, 0.5) is 5.13 Å². The van der Waals surface area contributed by atoms with Gasteiger partial charge in [-0.05, 0) is 38.0 Å². The van der Waals surface area contributed by atoms with Crippen molar-refractivity contribution in [3.05, 3.63) is 5.01 Å². The van der Waals surface area contributed by atoms with Crippen molar-refractivity contribution in [3.63, 3.8) is 0 Å². The first-order valence-electron chi connectivity index (χ1n) is 6.88. The van der Waals surface area contributed by atoms with Gasteiger partial charge in [-0.15, -0.1) is 10.2 Å². The summed E-state index contributed by atoms with van der Waals surface area (Å²) in [6.07, 6.45) is 9.94. The summed E-state index contributed by atoms with van der Waals surface area (Å²) in [6.45, 7) is 2.01. The number of aryl methyl sites for hydroxylation is 1. The van der Waals surface area contributed by atoms with Gasteiger partial charge in [0.1, 0.15) is 5.01 Å². The zero-order valence-corrected chi connectivity index (χ0v) is 11.3. The molecule has 94 valence electrons. The Bertz CT molecular complexity index is 376. The van der Waals surface area contributed by atoms with Gasteiger partial charge < -0.3 is 5.32 Å². The van der Waals surface area contributed by atoms with Crippen LogP contribution in [0.3, 0.4) is 0 Å². The topological polar surface area (TPSA) is 37.8 Å². The van der Waals surface area contributed by atoms with Crippen molar-refractivity contribution < 1.29 is 0 Å². The number of rotatable bonds is 2. The van der Waals surface area contributed by atoms with E-state index in [-0.39, 0.29) is 0 Å². The fourth-order valence-corrected chi connectivity index (χ4v) is 4.20. The molecule has 2 aliphatic rings. The molecule has 0 amide bonds. The van der Waals surface area contributed by atoms with Crippen LogP contribution >= 0.6 is 11.3 Å². The van der Waals surface area contributed by atoms with Crippen molar-refractivity contribution in [3.8, 4) is 0 Å². The lowest BCUT2D eigenvalue weighted by Gasteiger charge is -2.39. The van der Waals surface area contributed by atoms with Gasteiger partial charge in [0, 0.05) is 6.04 Å². The second-order valence-corrected chi connectivity index (χ2v) is 6.77. The molecule has 3 nitrogen and oxygen atoms in total. The minimum atomic E-state index is 0.640. The highest BCUT2D eigenvalue weighted by molar-refractivity contribution is 7.15.